The fraction of sp³-hybridized carbons (Fsp3) is 0.412. The molecule has 2 atom stereocenters. The van der Waals surface area contributed by atoms with Gasteiger partial charge < -0.3 is 10.1 Å². The molecule has 4 heteroatoms. The van der Waals surface area contributed by atoms with Gasteiger partial charge in [-0.25, -0.2) is 0 Å². The molecule has 0 saturated carbocycles. The van der Waals surface area contributed by atoms with E-state index in [4.69, 9.17) is 4.74 Å². The fourth-order valence-corrected chi connectivity index (χ4v) is 4.21. The number of hydrogen-bond acceptors (Lipinski definition) is 3. The summed E-state index contributed by atoms with van der Waals surface area (Å²) in [5.41, 5.74) is 4.05. The molecular formula is C17H20INOS. The molecule has 0 saturated heterocycles. The highest BCUT2D eigenvalue weighted by atomic mass is 127. The Morgan fingerprint density at radius 2 is 2.24 bits per heavy atom. The van der Waals surface area contributed by atoms with E-state index in [9.17, 15) is 0 Å². The van der Waals surface area contributed by atoms with Gasteiger partial charge in [-0.3, -0.25) is 0 Å². The Bertz CT molecular complexity index is 625. The molecule has 2 aromatic rings. The minimum atomic E-state index is 0.283. The van der Waals surface area contributed by atoms with Crippen LogP contribution in [0.1, 0.15) is 43.0 Å². The van der Waals surface area contributed by atoms with Gasteiger partial charge in [0.05, 0.1) is 8.93 Å². The number of hydrogen-bond donors (Lipinski definition) is 1. The van der Waals surface area contributed by atoms with E-state index in [0.29, 0.717) is 6.10 Å². The molecule has 0 spiro atoms. The zero-order chi connectivity index (χ0) is 14.8. The van der Waals surface area contributed by atoms with Crippen molar-refractivity contribution >= 4 is 33.9 Å². The standard InChI is InChI=1S/C17H20INOS/c1-3-6-19-17(14-9-16(18)21-10-14)12-4-5-15-13(8-12)7-11(2)20-15/h4-5,8-11,17,19H,3,6-7H2,1-2H3. The number of nitrogens with one attached hydrogen (secondary N) is 1. The van der Waals surface area contributed by atoms with Gasteiger partial charge in [0.1, 0.15) is 11.9 Å². The van der Waals surface area contributed by atoms with E-state index in [2.05, 4.69) is 71.4 Å². The van der Waals surface area contributed by atoms with E-state index in [1.165, 1.54) is 19.6 Å². The number of thiophene rings is 1. The summed E-state index contributed by atoms with van der Waals surface area (Å²) < 4.78 is 7.15. The lowest BCUT2D eigenvalue weighted by molar-refractivity contribution is 0.254. The molecule has 1 aliphatic rings. The van der Waals surface area contributed by atoms with Crippen molar-refractivity contribution in [3.63, 3.8) is 0 Å². The SMILES string of the molecule is CCCNC(c1csc(I)c1)c1ccc2c(c1)CC(C)O2. The van der Waals surface area contributed by atoms with Gasteiger partial charge in [-0.15, -0.1) is 11.3 Å². The Morgan fingerprint density at radius 3 is 2.95 bits per heavy atom. The van der Waals surface area contributed by atoms with Gasteiger partial charge in [0.25, 0.3) is 0 Å². The normalized spacial score (nSPS) is 18.3. The van der Waals surface area contributed by atoms with Gasteiger partial charge in [0.2, 0.25) is 0 Å². The first-order valence-corrected chi connectivity index (χ1v) is 9.40. The van der Waals surface area contributed by atoms with Crippen LogP contribution in [0.25, 0.3) is 0 Å². The second-order valence-corrected chi connectivity index (χ2v) is 8.38. The average molecular weight is 413 g/mol. The lowest BCUT2D eigenvalue weighted by Crippen LogP contribution is -2.22. The lowest BCUT2D eigenvalue weighted by Gasteiger charge is -2.19. The number of rotatable bonds is 5. The highest BCUT2D eigenvalue weighted by Gasteiger charge is 2.22. The van der Waals surface area contributed by atoms with Crippen molar-refractivity contribution in [1.82, 2.24) is 5.32 Å². The largest absolute Gasteiger partial charge is 0.490 e. The summed E-state index contributed by atoms with van der Waals surface area (Å²) in [4.78, 5) is 0. The molecule has 2 heterocycles. The van der Waals surface area contributed by atoms with Crippen molar-refractivity contribution < 1.29 is 4.74 Å². The van der Waals surface area contributed by atoms with Crippen LogP contribution in [-0.4, -0.2) is 12.6 Å². The van der Waals surface area contributed by atoms with Gasteiger partial charge in [0.15, 0.2) is 0 Å². The van der Waals surface area contributed by atoms with Crippen molar-refractivity contribution in [1.29, 1.82) is 0 Å². The molecule has 0 radical (unpaired) electrons. The van der Waals surface area contributed by atoms with Crippen LogP contribution < -0.4 is 10.1 Å². The predicted molar refractivity (Wildman–Crippen MR) is 97.4 cm³/mol. The van der Waals surface area contributed by atoms with Gasteiger partial charge in [0, 0.05) is 6.42 Å². The molecule has 0 aliphatic carbocycles. The Morgan fingerprint density at radius 1 is 1.38 bits per heavy atom. The molecule has 21 heavy (non-hydrogen) atoms. The Labute approximate surface area is 144 Å². The van der Waals surface area contributed by atoms with Crippen LogP contribution in [-0.2, 0) is 6.42 Å². The van der Waals surface area contributed by atoms with Crippen molar-refractivity contribution in [2.45, 2.75) is 38.8 Å². The summed E-state index contributed by atoms with van der Waals surface area (Å²) in [5.74, 6) is 1.06. The minimum Gasteiger partial charge on any atom is -0.490 e. The molecule has 3 rings (SSSR count). The molecular weight excluding hydrogens is 393 g/mol. The first-order chi connectivity index (χ1) is 10.2. The maximum atomic E-state index is 5.81. The van der Waals surface area contributed by atoms with E-state index in [1.54, 1.807) is 0 Å². The molecule has 2 unspecified atom stereocenters. The van der Waals surface area contributed by atoms with Crippen molar-refractivity contribution in [3.05, 3.63) is 49.2 Å². The molecule has 2 nitrogen and oxygen atoms in total. The Hall–Kier alpha value is -0.590. The van der Waals surface area contributed by atoms with E-state index in [-0.39, 0.29) is 6.04 Å². The second kappa shape index (κ2) is 6.67. The molecule has 1 N–H and O–H groups in total. The van der Waals surface area contributed by atoms with E-state index in [0.717, 1.165) is 25.1 Å². The van der Waals surface area contributed by atoms with Crippen LogP contribution in [0.4, 0.5) is 0 Å². The predicted octanol–water partition coefficient (Wildman–Crippen LogP) is 4.77. The molecule has 0 amide bonds. The Kier molecular flexibility index (Phi) is 4.86. The molecule has 0 bridgehead atoms. The maximum Gasteiger partial charge on any atom is 0.123 e. The van der Waals surface area contributed by atoms with Crippen molar-refractivity contribution in [2.75, 3.05) is 6.54 Å². The number of ether oxygens (including phenoxy) is 1. The zero-order valence-corrected chi connectivity index (χ0v) is 15.3. The number of halogens is 1. The smallest absolute Gasteiger partial charge is 0.123 e. The third-order valence-corrected chi connectivity index (χ3v) is 5.58. The average Bonchev–Trinajstić information content (AvgIpc) is 3.04. The molecule has 1 aromatic heterocycles. The summed E-state index contributed by atoms with van der Waals surface area (Å²) in [6, 6.07) is 9.22. The summed E-state index contributed by atoms with van der Waals surface area (Å²) >= 11 is 4.20. The summed E-state index contributed by atoms with van der Waals surface area (Å²) in [5, 5.41) is 5.95. The van der Waals surface area contributed by atoms with Gasteiger partial charge >= 0.3 is 0 Å². The van der Waals surface area contributed by atoms with Gasteiger partial charge in [-0.05, 0) is 76.7 Å². The van der Waals surface area contributed by atoms with Crippen LogP contribution in [0.3, 0.4) is 0 Å². The monoisotopic (exact) mass is 413 g/mol. The van der Waals surface area contributed by atoms with Crippen LogP contribution in [0.15, 0.2) is 29.6 Å². The van der Waals surface area contributed by atoms with Crippen LogP contribution in [0.5, 0.6) is 5.75 Å². The second-order valence-electron chi connectivity index (χ2n) is 5.57. The summed E-state index contributed by atoms with van der Waals surface area (Å²) in [6.45, 7) is 5.37. The highest BCUT2D eigenvalue weighted by molar-refractivity contribution is 14.1. The van der Waals surface area contributed by atoms with Gasteiger partial charge in [-0.1, -0.05) is 19.1 Å². The minimum absolute atomic E-state index is 0.283. The van der Waals surface area contributed by atoms with Gasteiger partial charge in [-0.2, -0.15) is 0 Å². The fourth-order valence-electron chi connectivity index (χ4n) is 2.81. The number of fused-ring (bicyclic) bond motifs is 1. The Balaban J connectivity index is 1.91. The lowest BCUT2D eigenvalue weighted by atomic mass is 9.97. The third kappa shape index (κ3) is 3.43. The quantitative estimate of drug-likeness (QED) is 0.714. The van der Waals surface area contributed by atoms with E-state index in [1.807, 2.05) is 11.3 Å². The van der Waals surface area contributed by atoms with Crippen LogP contribution in [0.2, 0.25) is 0 Å². The zero-order valence-electron chi connectivity index (χ0n) is 12.4. The van der Waals surface area contributed by atoms with Crippen molar-refractivity contribution in [2.24, 2.45) is 0 Å². The first kappa shape index (κ1) is 15.3. The first-order valence-electron chi connectivity index (χ1n) is 7.44. The summed E-state index contributed by atoms with van der Waals surface area (Å²) in [7, 11) is 0. The maximum absolute atomic E-state index is 5.81. The number of benzene rings is 1. The summed E-state index contributed by atoms with van der Waals surface area (Å²) in [6.07, 6.45) is 2.47. The van der Waals surface area contributed by atoms with E-state index < -0.39 is 0 Å². The molecule has 112 valence electrons. The highest BCUT2D eigenvalue weighted by Crippen LogP contribution is 2.34. The third-order valence-electron chi connectivity index (χ3n) is 3.77. The molecule has 0 fully saturated rings. The van der Waals surface area contributed by atoms with Crippen LogP contribution >= 0.6 is 33.9 Å². The molecule has 1 aromatic carbocycles. The molecule has 1 aliphatic heterocycles. The van der Waals surface area contributed by atoms with Crippen LogP contribution in [0, 0.1) is 2.88 Å². The topological polar surface area (TPSA) is 21.3 Å². The van der Waals surface area contributed by atoms with Crippen molar-refractivity contribution in [3.8, 4) is 5.75 Å². The van der Waals surface area contributed by atoms with E-state index >= 15 is 0 Å².